The van der Waals surface area contributed by atoms with Crippen LogP contribution in [0.5, 0.6) is 0 Å². The van der Waals surface area contributed by atoms with Crippen molar-refractivity contribution >= 4 is 71.2 Å². The number of imidazole rings is 2. The van der Waals surface area contributed by atoms with Crippen LogP contribution in [0.1, 0.15) is 0 Å². The monoisotopic (exact) mass is 625 g/mol. The Hall–Kier alpha value is -6.72. The summed E-state index contributed by atoms with van der Waals surface area (Å²) < 4.78 is 7.03. The SMILES string of the molecule is c1ccc(-n2c(-c3cccc(-n4c5ccccc5c5ccc6c(c7ccccc7n7c8ccccc8nc67)c54)c3)nc3ccccc32)cc1. The standard InChI is InChI=1S/C44H27N5/c1-2-14-29(15-3-1)48-39-23-10-6-19-35(39)45-43(48)28-13-12-16-30(27-28)47-37-21-8-4-17-31(37)32-25-26-34-41(42(32)47)33-18-5-9-22-38(33)49-40-24-11-7-20-36(40)46-44(34)49/h1-27H. The number of para-hydroxylation sites is 7. The first-order chi connectivity index (χ1) is 24.3. The van der Waals surface area contributed by atoms with Gasteiger partial charge in [0.2, 0.25) is 0 Å². The van der Waals surface area contributed by atoms with Gasteiger partial charge in [0.25, 0.3) is 0 Å². The Balaban J connectivity index is 1.27. The zero-order valence-corrected chi connectivity index (χ0v) is 26.3. The number of fused-ring (bicyclic) bond motifs is 13. The smallest absolute Gasteiger partial charge is 0.146 e. The van der Waals surface area contributed by atoms with Crippen molar-refractivity contribution in [3.63, 3.8) is 0 Å². The van der Waals surface area contributed by atoms with E-state index in [9.17, 15) is 0 Å². The molecule has 0 fully saturated rings. The third-order valence-corrected chi connectivity index (χ3v) is 9.99. The van der Waals surface area contributed by atoms with Gasteiger partial charge in [-0.15, -0.1) is 0 Å². The van der Waals surface area contributed by atoms with E-state index in [1.807, 2.05) is 0 Å². The molecule has 0 unspecified atom stereocenters. The maximum atomic E-state index is 5.21. The molecule has 49 heavy (non-hydrogen) atoms. The lowest BCUT2D eigenvalue weighted by molar-refractivity contribution is 1.10. The molecule has 0 aliphatic heterocycles. The van der Waals surface area contributed by atoms with Crippen molar-refractivity contribution in [1.29, 1.82) is 0 Å². The molecule has 5 heteroatoms. The highest BCUT2D eigenvalue weighted by Gasteiger charge is 2.21. The summed E-state index contributed by atoms with van der Waals surface area (Å²) in [6, 6.07) is 58.2. The second-order valence-electron chi connectivity index (χ2n) is 12.7. The van der Waals surface area contributed by atoms with Gasteiger partial charge in [0.1, 0.15) is 11.5 Å². The van der Waals surface area contributed by atoms with Crippen molar-refractivity contribution in [1.82, 2.24) is 23.5 Å². The molecule has 0 amide bonds. The van der Waals surface area contributed by atoms with E-state index in [0.717, 1.165) is 66.9 Å². The fourth-order valence-electron chi connectivity index (χ4n) is 7.96. The van der Waals surface area contributed by atoms with E-state index in [2.05, 4.69) is 177 Å². The minimum Gasteiger partial charge on any atom is -0.309 e. The van der Waals surface area contributed by atoms with Gasteiger partial charge in [0.15, 0.2) is 0 Å². The van der Waals surface area contributed by atoms with Crippen molar-refractivity contribution < 1.29 is 0 Å². The summed E-state index contributed by atoms with van der Waals surface area (Å²) >= 11 is 0. The molecule has 0 saturated carbocycles. The molecule has 0 N–H and O–H groups in total. The predicted molar refractivity (Wildman–Crippen MR) is 202 cm³/mol. The third kappa shape index (κ3) is 3.64. The van der Waals surface area contributed by atoms with Crippen molar-refractivity contribution in [2.24, 2.45) is 0 Å². The minimum absolute atomic E-state index is 0.913. The van der Waals surface area contributed by atoms with Gasteiger partial charge in [0, 0.05) is 43.9 Å². The molecule has 11 aromatic rings. The van der Waals surface area contributed by atoms with Crippen LogP contribution in [0.15, 0.2) is 164 Å². The molecule has 0 bridgehead atoms. The summed E-state index contributed by atoms with van der Waals surface area (Å²) in [5.74, 6) is 0.913. The lowest BCUT2D eigenvalue weighted by atomic mass is 10.0. The number of benzene rings is 7. The van der Waals surface area contributed by atoms with Gasteiger partial charge in [0.05, 0.1) is 38.6 Å². The molecular weight excluding hydrogens is 599 g/mol. The molecule has 4 heterocycles. The molecule has 228 valence electrons. The Morgan fingerprint density at radius 2 is 1.02 bits per heavy atom. The van der Waals surface area contributed by atoms with E-state index in [1.165, 1.54) is 27.1 Å². The van der Waals surface area contributed by atoms with E-state index in [4.69, 9.17) is 9.97 Å². The first-order valence-corrected chi connectivity index (χ1v) is 16.6. The van der Waals surface area contributed by atoms with E-state index >= 15 is 0 Å². The summed E-state index contributed by atoms with van der Waals surface area (Å²) in [7, 11) is 0. The quantitative estimate of drug-likeness (QED) is 0.183. The Morgan fingerprint density at radius 3 is 1.86 bits per heavy atom. The maximum absolute atomic E-state index is 5.21. The summed E-state index contributed by atoms with van der Waals surface area (Å²) in [5.41, 5.74) is 11.8. The molecule has 0 spiro atoms. The van der Waals surface area contributed by atoms with E-state index in [-0.39, 0.29) is 0 Å². The Morgan fingerprint density at radius 1 is 0.388 bits per heavy atom. The average Bonchev–Trinajstić information content (AvgIpc) is 3.85. The highest BCUT2D eigenvalue weighted by atomic mass is 15.1. The van der Waals surface area contributed by atoms with E-state index in [0.29, 0.717) is 0 Å². The highest BCUT2D eigenvalue weighted by molar-refractivity contribution is 6.28. The molecule has 11 rings (SSSR count). The zero-order valence-electron chi connectivity index (χ0n) is 26.3. The van der Waals surface area contributed by atoms with Gasteiger partial charge >= 0.3 is 0 Å². The lowest BCUT2D eigenvalue weighted by Crippen LogP contribution is -2.00. The number of pyridine rings is 1. The fourth-order valence-corrected chi connectivity index (χ4v) is 7.96. The van der Waals surface area contributed by atoms with Crippen molar-refractivity contribution in [3.05, 3.63) is 164 Å². The molecule has 0 saturated heterocycles. The van der Waals surface area contributed by atoms with Crippen LogP contribution in [-0.4, -0.2) is 23.5 Å². The molecule has 0 atom stereocenters. The van der Waals surface area contributed by atoms with Crippen LogP contribution in [-0.2, 0) is 0 Å². The average molecular weight is 626 g/mol. The highest BCUT2D eigenvalue weighted by Crippen LogP contribution is 2.42. The van der Waals surface area contributed by atoms with Crippen LogP contribution in [0.25, 0.3) is 94.0 Å². The molecule has 0 aliphatic carbocycles. The van der Waals surface area contributed by atoms with Crippen LogP contribution >= 0.6 is 0 Å². The van der Waals surface area contributed by atoms with Crippen LogP contribution in [0, 0.1) is 0 Å². The van der Waals surface area contributed by atoms with E-state index < -0.39 is 0 Å². The van der Waals surface area contributed by atoms with Crippen LogP contribution < -0.4 is 0 Å². The summed E-state index contributed by atoms with van der Waals surface area (Å²) in [5, 5.41) is 5.97. The number of rotatable bonds is 3. The van der Waals surface area contributed by atoms with Crippen LogP contribution in [0.4, 0.5) is 0 Å². The third-order valence-electron chi connectivity index (χ3n) is 9.99. The lowest BCUT2D eigenvalue weighted by Gasteiger charge is -2.15. The van der Waals surface area contributed by atoms with E-state index in [1.54, 1.807) is 0 Å². The van der Waals surface area contributed by atoms with Crippen molar-refractivity contribution in [2.45, 2.75) is 0 Å². The molecule has 0 radical (unpaired) electrons. The zero-order chi connectivity index (χ0) is 32.1. The Kier molecular flexibility index (Phi) is 5.32. The van der Waals surface area contributed by atoms with Gasteiger partial charge in [-0.25, -0.2) is 9.97 Å². The number of hydrogen-bond donors (Lipinski definition) is 0. The second-order valence-corrected chi connectivity index (χ2v) is 12.7. The minimum atomic E-state index is 0.913. The van der Waals surface area contributed by atoms with Gasteiger partial charge < -0.3 is 4.57 Å². The molecule has 7 aromatic carbocycles. The molecule has 5 nitrogen and oxygen atoms in total. The van der Waals surface area contributed by atoms with Crippen molar-refractivity contribution in [2.75, 3.05) is 0 Å². The van der Waals surface area contributed by atoms with Crippen LogP contribution in [0.2, 0.25) is 0 Å². The molecular formula is C44H27N5. The van der Waals surface area contributed by atoms with Gasteiger partial charge in [-0.05, 0) is 66.7 Å². The Labute approximate surface area is 280 Å². The Bertz CT molecular complexity index is 3110. The van der Waals surface area contributed by atoms with Crippen molar-refractivity contribution in [3.8, 4) is 22.8 Å². The normalized spacial score (nSPS) is 12.1. The van der Waals surface area contributed by atoms with Gasteiger partial charge in [-0.2, -0.15) is 0 Å². The maximum Gasteiger partial charge on any atom is 0.146 e. The van der Waals surface area contributed by atoms with Gasteiger partial charge in [-0.1, -0.05) is 97.1 Å². The largest absolute Gasteiger partial charge is 0.309 e. The number of nitrogens with zero attached hydrogens (tertiary/aromatic N) is 5. The first kappa shape index (κ1) is 26.4. The molecule has 0 aliphatic rings. The summed E-state index contributed by atoms with van der Waals surface area (Å²) in [6.45, 7) is 0. The van der Waals surface area contributed by atoms with Crippen LogP contribution in [0.3, 0.4) is 0 Å². The number of aromatic nitrogens is 5. The predicted octanol–water partition coefficient (Wildman–Crippen LogP) is 10.9. The summed E-state index contributed by atoms with van der Waals surface area (Å²) in [4.78, 5) is 10.4. The second kappa shape index (κ2) is 9.89. The number of hydrogen-bond acceptors (Lipinski definition) is 2. The van der Waals surface area contributed by atoms with Gasteiger partial charge in [-0.3, -0.25) is 8.97 Å². The summed E-state index contributed by atoms with van der Waals surface area (Å²) in [6.07, 6.45) is 0. The molecule has 4 aromatic heterocycles. The fraction of sp³-hybridized carbons (Fsp3) is 0. The first-order valence-electron chi connectivity index (χ1n) is 16.6. The topological polar surface area (TPSA) is 40.0 Å².